The van der Waals surface area contributed by atoms with E-state index in [-0.39, 0.29) is 5.56 Å². The van der Waals surface area contributed by atoms with E-state index < -0.39 is 22.3 Å². The summed E-state index contributed by atoms with van der Waals surface area (Å²) in [5.41, 5.74) is 0.168. The van der Waals surface area contributed by atoms with Crippen LogP contribution in [0.3, 0.4) is 0 Å². The summed E-state index contributed by atoms with van der Waals surface area (Å²) in [6.07, 6.45) is 0.750. The molecule has 2 aromatic rings. The molecule has 1 heterocycles. The zero-order valence-corrected chi connectivity index (χ0v) is 12.2. The number of nitrogens with zero attached hydrogens (tertiary/aromatic N) is 2. The summed E-state index contributed by atoms with van der Waals surface area (Å²) in [5.74, 6) is -1.54. The molecule has 1 aromatic carbocycles. The predicted octanol–water partition coefficient (Wildman–Crippen LogP) is 3.31. The van der Waals surface area contributed by atoms with E-state index in [1.807, 2.05) is 13.8 Å². The van der Waals surface area contributed by atoms with E-state index in [9.17, 15) is 19.3 Å². The van der Waals surface area contributed by atoms with Crippen LogP contribution in [0.1, 0.15) is 27.9 Å². The van der Waals surface area contributed by atoms with Crippen molar-refractivity contribution in [1.82, 2.24) is 4.98 Å². The number of anilines is 1. The number of amides is 1. The first kappa shape index (κ1) is 15.0. The van der Waals surface area contributed by atoms with Crippen molar-refractivity contribution in [1.29, 1.82) is 0 Å². The van der Waals surface area contributed by atoms with Gasteiger partial charge in [0.2, 0.25) is 5.82 Å². The molecule has 0 spiro atoms. The third-order valence-corrected chi connectivity index (χ3v) is 3.78. The van der Waals surface area contributed by atoms with Gasteiger partial charge in [-0.15, -0.1) is 11.3 Å². The lowest BCUT2D eigenvalue weighted by atomic mass is 10.2. The Bertz CT molecular complexity index is 715. The summed E-state index contributed by atoms with van der Waals surface area (Å²) in [7, 11) is 0. The fourth-order valence-corrected chi connectivity index (χ4v) is 2.67. The number of halogens is 1. The molecular weight excluding hydrogens is 297 g/mol. The van der Waals surface area contributed by atoms with Gasteiger partial charge in [0.15, 0.2) is 5.13 Å². The Morgan fingerprint density at radius 1 is 1.52 bits per heavy atom. The van der Waals surface area contributed by atoms with Crippen molar-refractivity contribution >= 4 is 28.1 Å². The molecule has 0 atom stereocenters. The molecule has 1 amide bonds. The Kier molecular flexibility index (Phi) is 4.27. The second kappa shape index (κ2) is 5.96. The number of hydrogen-bond acceptors (Lipinski definition) is 5. The molecule has 0 bridgehead atoms. The fourth-order valence-electron chi connectivity index (χ4n) is 1.77. The third-order valence-electron chi connectivity index (χ3n) is 2.85. The molecule has 0 aliphatic rings. The number of carbonyl (C=O) groups is 1. The van der Waals surface area contributed by atoms with Crippen LogP contribution in [0.25, 0.3) is 0 Å². The van der Waals surface area contributed by atoms with Crippen LogP contribution in [0.2, 0.25) is 0 Å². The number of carbonyl (C=O) groups excluding carboxylic acids is 1. The lowest BCUT2D eigenvalue weighted by molar-refractivity contribution is -0.387. The number of aryl methyl sites for hydroxylation is 2. The minimum atomic E-state index is -0.977. The number of hydrogen-bond donors (Lipinski definition) is 1. The number of benzene rings is 1. The van der Waals surface area contributed by atoms with Gasteiger partial charge in [0, 0.05) is 16.5 Å². The second-order valence-corrected chi connectivity index (χ2v) is 5.46. The highest BCUT2D eigenvalue weighted by Crippen LogP contribution is 2.24. The molecule has 1 aromatic heterocycles. The van der Waals surface area contributed by atoms with Gasteiger partial charge in [-0.05, 0) is 25.5 Å². The molecule has 0 aliphatic heterocycles. The van der Waals surface area contributed by atoms with Crippen LogP contribution in [-0.4, -0.2) is 15.8 Å². The maximum atomic E-state index is 13.2. The van der Waals surface area contributed by atoms with Crippen LogP contribution < -0.4 is 5.32 Å². The highest BCUT2D eigenvalue weighted by atomic mass is 32.1. The summed E-state index contributed by atoms with van der Waals surface area (Å²) < 4.78 is 13.2. The number of thiazole rings is 1. The topological polar surface area (TPSA) is 85.1 Å². The fraction of sp³-hybridized carbons (Fsp3) is 0.231. The molecule has 6 nitrogen and oxygen atoms in total. The zero-order chi connectivity index (χ0) is 15.6. The van der Waals surface area contributed by atoms with Gasteiger partial charge in [0.05, 0.1) is 10.6 Å². The van der Waals surface area contributed by atoms with Crippen molar-refractivity contribution in [2.75, 3.05) is 5.32 Å². The normalized spacial score (nSPS) is 10.4. The monoisotopic (exact) mass is 309 g/mol. The molecule has 0 unspecified atom stereocenters. The maximum absolute atomic E-state index is 13.2. The Labute approximate surface area is 123 Å². The molecule has 0 saturated heterocycles. The van der Waals surface area contributed by atoms with Crippen molar-refractivity contribution < 1.29 is 14.1 Å². The van der Waals surface area contributed by atoms with Gasteiger partial charge in [0.1, 0.15) is 0 Å². The first-order chi connectivity index (χ1) is 9.92. The van der Waals surface area contributed by atoms with Crippen molar-refractivity contribution in [3.05, 3.63) is 50.3 Å². The highest BCUT2D eigenvalue weighted by Gasteiger charge is 2.18. The predicted molar refractivity (Wildman–Crippen MR) is 77.2 cm³/mol. The quantitative estimate of drug-likeness (QED) is 0.693. The van der Waals surface area contributed by atoms with Gasteiger partial charge < -0.3 is 0 Å². The van der Waals surface area contributed by atoms with Crippen LogP contribution >= 0.6 is 11.3 Å². The van der Waals surface area contributed by atoms with E-state index in [1.165, 1.54) is 17.4 Å². The zero-order valence-electron chi connectivity index (χ0n) is 11.3. The van der Waals surface area contributed by atoms with Gasteiger partial charge in [-0.25, -0.2) is 4.98 Å². The Hall–Kier alpha value is -2.35. The summed E-state index contributed by atoms with van der Waals surface area (Å²) in [6.45, 7) is 3.85. The summed E-state index contributed by atoms with van der Waals surface area (Å²) >= 11 is 1.32. The van der Waals surface area contributed by atoms with E-state index in [0.717, 1.165) is 29.1 Å². The molecule has 2 rings (SSSR count). The molecule has 8 heteroatoms. The van der Waals surface area contributed by atoms with Gasteiger partial charge in [0.25, 0.3) is 5.91 Å². The van der Waals surface area contributed by atoms with Crippen LogP contribution in [-0.2, 0) is 6.42 Å². The summed E-state index contributed by atoms with van der Waals surface area (Å²) in [6, 6.07) is 3.00. The van der Waals surface area contributed by atoms with Gasteiger partial charge in [-0.3, -0.25) is 20.2 Å². The SMILES string of the molecule is CCc1nc(NC(=O)c2ccc(F)c([N+](=O)[O-])c2)sc1C. The van der Waals surface area contributed by atoms with E-state index in [2.05, 4.69) is 10.3 Å². The van der Waals surface area contributed by atoms with Gasteiger partial charge in [-0.2, -0.15) is 4.39 Å². The van der Waals surface area contributed by atoms with Crippen LogP contribution in [0.4, 0.5) is 15.2 Å². The third kappa shape index (κ3) is 3.22. The lowest BCUT2D eigenvalue weighted by Crippen LogP contribution is -2.12. The number of aromatic nitrogens is 1. The number of nitro groups is 1. The Balaban J connectivity index is 2.24. The molecule has 0 radical (unpaired) electrons. The lowest BCUT2D eigenvalue weighted by Gasteiger charge is -2.02. The largest absolute Gasteiger partial charge is 0.305 e. The van der Waals surface area contributed by atoms with E-state index in [0.29, 0.717) is 5.13 Å². The Morgan fingerprint density at radius 3 is 2.81 bits per heavy atom. The minimum Gasteiger partial charge on any atom is -0.298 e. The smallest absolute Gasteiger partial charge is 0.298 e. The van der Waals surface area contributed by atoms with E-state index >= 15 is 0 Å². The van der Waals surface area contributed by atoms with Gasteiger partial charge >= 0.3 is 5.69 Å². The first-order valence-electron chi connectivity index (χ1n) is 6.14. The average molecular weight is 309 g/mol. The molecule has 0 aliphatic carbocycles. The van der Waals surface area contributed by atoms with Crippen molar-refractivity contribution in [2.24, 2.45) is 0 Å². The number of rotatable bonds is 4. The van der Waals surface area contributed by atoms with E-state index in [4.69, 9.17) is 0 Å². The maximum Gasteiger partial charge on any atom is 0.305 e. The minimum absolute atomic E-state index is 0.00833. The first-order valence-corrected chi connectivity index (χ1v) is 6.95. The Morgan fingerprint density at radius 2 is 2.24 bits per heavy atom. The van der Waals surface area contributed by atoms with Crippen molar-refractivity contribution in [3.8, 4) is 0 Å². The summed E-state index contributed by atoms with van der Waals surface area (Å²) in [5, 5.41) is 13.6. The van der Waals surface area contributed by atoms with Crippen molar-refractivity contribution in [3.63, 3.8) is 0 Å². The number of nitro benzene ring substituents is 1. The van der Waals surface area contributed by atoms with Crippen LogP contribution in [0, 0.1) is 22.9 Å². The molecule has 0 fully saturated rings. The van der Waals surface area contributed by atoms with Crippen LogP contribution in [0.15, 0.2) is 18.2 Å². The standard InChI is InChI=1S/C13H12FN3O3S/c1-3-10-7(2)21-13(15-10)16-12(18)8-4-5-9(14)11(6-8)17(19)20/h4-6H,3H2,1-2H3,(H,15,16,18). The molecule has 0 saturated carbocycles. The van der Waals surface area contributed by atoms with Gasteiger partial charge in [-0.1, -0.05) is 6.92 Å². The summed E-state index contributed by atoms with van der Waals surface area (Å²) in [4.78, 5) is 27.1. The highest BCUT2D eigenvalue weighted by molar-refractivity contribution is 7.15. The van der Waals surface area contributed by atoms with Crippen LogP contribution in [0.5, 0.6) is 0 Å². The molecular formula is C13H12FN3O3S. The van der Waals surface area contributed by atoms with E-state index in [1.54, 1.807) is 0 Å². The molecule has 110 valence electrons. The average Bonchev–Trinajstić information content (AvgIpc) is 2.78. The number of nitrogens with one attached hydrogen (secondary N) is 1. The van der Waals surface area contributed by atoms with Crippen molar-refractivity contribution in [2.45, 2.75) is 20.3 Å². The second-order valence-electron chi connectivity index (χ2n) is 4.25. The molecule has 21 heavy (non-hydrogen) atoms. The molecule has 1 N–H and O–H groups in total.